The van der Waals surface area contributed by atoms with Crippen molar-refractivity contribution in [2.75, 3.05) is 26.2 Å². The van der Waals surface area contributed by atoms with E-state index in [1.54, 1.807) is 25.1 Å². The highest BCUT2D eigenvalue weighted by atomic mass is 32.2. The van der Waals surface area contributed by atoms with Crippen molar-refractivity contribution in [3.63, 3.8) is 0 Å². The van der Waals surface area contributed by atoms with Crippen LogP contribution in [-0.4, -0.2) is 71.0 Å². The molecule has 2 aliphatic heterocycles. The molecule has 316 valence electrons. The SMILES string of the molecule is C.Cc1ccc(C#N)cc1S(=O)(=O)NC1CCN(Cc2ccc(-c3ccccc3)cc2)C1.Cc1ccc(C)c(S(=O)(=O)NC2CCN(Cc3ccc(OC4CC4)cc3)C2)c1. The van der Waals surface area contributed by atoms with Gasteiger partial charge >= 0.3 is 0 Å². The van der Waals surface area contributed by atoms with Crippen molar-refractivity contribution >= 4 is 20.0 Å². The number of hydrogen-bond donors (Lipinski definition) is 2. The Bertz CT molecular complexity index is 2490. The summed E-state index contributed by atoms with van der Waals surface area (Å²) >= 11 is 0. The van der Waals surface area contributed by atoms with E-state index in [2.05, 4.69) is 67.8 Å². The largest absolute Gasteiger partial charge is 0.490 e. The summed E-state index contributed by atoms with van der Waals surface area (Å²) in [7, 11) is -7.16. The molecule has 2 N–H and O–H groups in total. The molecular weight excluding hydrogens is 791 g/mol. The summed E-state index contributed by atoms with van der Waals surface area (Å²) in [6.45, 7) is 10.2. The van der Waals surface area contributed by atoms with Gasteiger partial charge in [0.05, 0.1) is 27.5 Å². The zero-order valence-electron chi connectivity index (χ0n) is 34.0. The molecule has 3 fully saturated rings. The van der Waals surface area contributed by atoms with Crippen LogP contribution < -0.4 is 14.2 Å². The van der Waals surface area contributed by atoms with Gasteiger partial charge < -0.3 is 4.74 Å². The van der Waals surface area contributed by atoms with E-state index in [0.717, 1.165) is 75.3 Å². The Labute approximate surface area is 357 Å². The van der Waals surface area contributed by atoms with Crippen LogP contribution in [0.4, 0.5) is 0 Å². The molecule has 0 spiro atoms. The Morgan fingerprint density at radius 2 is 1.13 bits per heavy atom. The van der Waals surface area contributed by atoms with Crippen molar-refractivity contribution in [3.8, 4) is 22.9 Å². The molecule has 2 atom stereocenters. The third-order valence-electron chi connectivity index (χ3n) is 11.1. The van der Waals surface area contributed by atoms with E-state index in [9.17, 15) is 16.8 Å². The van der Waals surface area contributed by atoms with Gasteiger partial charge in [0.15, 0.2) is 0 Å². The fourth-order valence-electron chi connectivity index (χ4n) is 7.67. The van der Waals surface area contributed by atoms with E-state index in [4.69, 9.17) is 10.00 Å². The maximum atomic E-state index is 12.9. The topological polar surface area (TPSA) is 132 Å². The van der Waals surface area contributed by atoms with Gasteiger partial charge in [-0.25, -0.2) is 26.3 Å². The van der Waals surface area contributed by atoms with Crippen molar-refractivity contribution in [1.82, 2.24) is 19.2 Å². The number of nitriles is 1. The van der Waals surface area contributed by atoms with Crippen molar-refractivity contribution in [3.05, 3.63) is 149 Å². The van der Waals surface area contributed by atoms with Gasteiger partial charge in [0.2, 0.25) is 20.0 Å². The van der Waals surface area contributed by atoms with E-state index >= 15 is 0 Å². The standard InChI is InChI=1S/C25H25N3O2S.C22H28N2O3S.CH4/c1-19-7-8-21(16-26)15-25(19)31(29,30)27-24-13-14-28(18-24)17-20-9-11-23(12-10-20)22-5-3-2-4-6-22;1-16-3-4-17(2)22(13-16)28(25,26)23-19-11-12-24(15-19)14-18-5-7-20(8-6-18)27-21-9-10-21;/h2-12,15,24,27H,13-14,17-18H2,1H3;3-8,13,19,21,23H,9-12,14-15H2,1-2H3;1H4. The lowest BCUT2D eigenvalue weighted by Crippen LogP contribution is -2.37. The number of hydrogen-bond acceptors (Lipinski definition) is 8. The number of benzene rings is 5. The minimum atomic E-state index is -3.67. The first-order valence-corrected chi connectivity index (χ1v) is 23.3. The smallest absolute Gasteiger partial charge is 0.241 e. The molecule has 0 amide bonds. The summed E-state index contributed by atoms with van der Waals surface area (Å²) in [6, 6.07) is 39.2. The number of rotatable bonds is 13. The summed E-state index contributed by atoms with van der Waals surface area (Å²) < 4.78 is 62.9. The lowest BCUT2D eigenvalue weighted by atomic mass is 10.0. The van der Waals surface area contributed by atoms with Crippen molar-refractivity contribution in [2.45, 2.75) is 94.9 Å². The van der Waals surface area contributed by atoms with Gasteiger partial charge in [0.25, 0.3) is 0 Å². The predicted molar refractivity (Wildman–Crippen MR) is 239 cm³/mol. The van der Waals surface area contributed by atoms with Gasteiger partial charge in [0, 0.05) is 51.4 Å². The molecule has 12 heteroatoms. The van der Waals surface area contributed by atoms with Gasteiger partial charge in [0.1, 0.15) is 5.75 Å². The Kier molecular flexibility index (Phi) is 14.6. The van der Waals surface area contributed by atoms with Gasteiger partial charge in [-0.1, -0.05) is 92.4 Å². The minimum Gasteiger partial charge on any atom is -0.490 e. The van der Waals surface area contributed by atoms with Crippen LogP contribution in [0, 0.1) is 32.1 Å². The first kappa shape index (κ1) is 44.7. The van der Waals surface area contributed by atoms with Gasteiger partial charge in [-0.3, -0.25) is 9.80 Å². The molecule has 2 unspecified atom stereocenters. The molecule has 8 rings (SSSR count). The highest BCUT2D eigenvalue weighted by Gasteiger charge is 2.30. The van der Waals surface area contributed by atoms with Crippen LogP contribution in [-0.2, 0) is 33.1 Å². The van der Waals surface area contributed by atoms with Crippen LogP contribution in [0.5, 0.6) is 5.75 Å². The number of ether oxygens (including phenoxy) is 1. The summed E-state index contributed by atoms with van der Waals surface area (Å²) in [4.78, 5) is 5.13. The van der Waals surface area contributed by atoms with E-state index in [-0.39, 0.29) is 24.4 Å². The second-order valence-electron chi connectivity index (χ2n) is 16.1. The Balaban J connectivity index is 0.000000199. The normalized spacial score (nSPS) is 18.2. The monoisotopic (exact) mass is 847 g/mol. The van der Waals surface area contributed by atoms with Gasteiger partial charge in [-0.05, 0) is 116 Å². The number of nitrogens with zero attached hydrogens (tertiary/aromatic N) is 3. The summed E-state index contributed by atoms with van der Waals surface area (Å²) in [5.41, 5.74) is 7.53. The molecule has 1 aliphatic carbocycles. The maximum Gasteiger partial charge on any atom is 0.241 e. The van der Waals surface area contributed by atoms with Crippen LogP contribution in [0.15, 0.2) is 125 Å². The average molecular weight is 848 g/mol. The van der Waals surface area contributed by atoms with Crippen LogP contribution in [0.25, 0.3) is 11.1 Å². The molecule has 5 aromatic rings. The fraction of sp³-hybridized carbons (Fsp3) is 0.354. The number of sulfonamides is 2. The quantitative estimate of drug-likeness (QED) is 0.122. The minimum absolute atomic E-state index is 0. The van der Waals surface area contributed by atoms with Crippen molar-refractivity contribution in [2.24, 2.45) is 0 Å². The first-order chi connectivity index (χ1) is 28.3. The summed E-state index contributed by atoms with van der Waals surface area (Å²) in [6.07, 6.45) is 4.32. The highest BCUT2D eigenvalue weighted by molar-refractivity contribution is 7.89. The summed E-state index contributed by atoms with van der Waals surface area (Å²) in [5.74, 6) is 0.937. The molecule has 2 heterocycles. The maximum absolute atomic E-state index is 12.9. The van der Waals surface area contributed by atoms with Crippen molar-refractivity contribution < 1.29 is 21.6 Å². The summed E-state index contributed by atoms with van der Waals surface area (Å²) in [5, 5.41) is 9.09. The molecule has 1 saturated carbocycles. The molecular formula is C48H57N5O5S2. The molecule has 2 saturated heterocycles. The van der Waals surface area contributed by atoms with E-state index in [1.165, 1.54) is 28.3 Å². The van der Waals surface area contributed by atoms with E-state index < -0.39 is 20.0 Å². The average Bonchev–Trinajstić information content (AvgIpc) is 3.77. The molecule has 0 bridgehead atoms. The Morgan fingerprint density at radius 3 is 1.67 bits per heavy atom. The van der Waals surface area contributed by atoms with Crippen LogP contribution >= 0.6 is 0 Å². The Hall–Kier alpha value is -4.87. The number of likely N-dealkylation sites (tertiary alicyclic amines) is 2. The molecule has 60 heavy (non-hydrogen) atoms. The van der Waals surface area contributed by atoms with Crippen LogP contribution in [0.3, 0.4) is 0 Å². The molecule has 5 aromatic carbocycles. The molecule has 10 nitrogen and oxygen atoms in total. The first-order valence-electron chi connectivity index (χ1n) is 20.3. The zero-order valence-corrected chi connectivity index (χ0v) is 35.6. The second kappa shape index (κ2) is 19.7. The van der Waals surface area contributed by atoms with Crippen molar-refractivity contribution in [1.29, 1.82) is 5.26 Å². The van der Waals surface area contributed by atoms with Crippen LogP contribution in [0.1, 0.15) is 66.5 Å². The van der Waals surface area contributed by atoms with Gasteiger partial charge in [-0.15, -0.1) is 0 Å². The van der Waals surface area contributed by atoms with E-state index in [1.807, 2.05) is 62.4 Å². The molecule has 3 aliphatic rings. The third-order valence-corrected chi connectivity index (χ3v) is 14.4. The number of aryl methyl sites for hydroxylation is 3. The highest BCUT2D eigenvalue weighted by Crippen LogP contribution is 2.28. The van der Waals surface area contributed by atoms with Crippen LogP contribution in [0.2, 0.25) is 0 Å². The lowest BCUT2D eigenvalue weighted by Gasteiger charge is -2.18. The lowest BCUT2D eigenvalue weighted by molar-refractivity contribution is 0.302. The second-order valence-corrected chi connectivity index (χ2v) is 19.4. The number of nitrogens with one attached hydrogen (secondary N) is 2. The predicted octanol–water partition coefficient (Wildman–Crippen LogP) is 8.12. The zero-order chi connectivity index (χ0) is 41.6. The van der Waals surface area contributed by atoms with E-state index in [0.29, 0.717) is 28.7 Å². The molecule has 0 radical (unpaired) electrons. The molecule has 0 aromatic heterocycles. The Morgan fingerprint density at radius 1 is 0.633 bits per heavy atom. The van der Waals surface area contributed by atoms with Gasteiger partial charge in [-0.2, -0.15) is 5.26 Å². The fourth-order valence-corrected chi connectivity index (χ4v) is 10.8. The third kappa shape index (κ3) is 11.9.